The van der Waals surface area contributed by atoms with E-state index >= 15 is 0 Å². The Hall–Kier alpha value is -3.51. The van der Waals surface area contributed by atoms with Crippen LogP contribution in [0.5, 0.6) is 0 Å². The fourth-order valence-electron chi connectivity index (χ4n) is 3.59. The highest BCUT2D eigenvalue weighted by molar-refractivity contribution is 5.95. The van der Waals surface area contributed by atoms with Crippen molar-refractivity contribution in [3.63, 3.8) is 0 Å². The molecule has 37 heavy (non-hydrogen) atoms. The van der Waals surface area contributed by atoms with Crippen LogP contribution in [-0.4, -0.2) is 70.6 Å². The van der Waals surface area contributed by atoms with Gasteiger partial charge < -0.3 is 37.6 Å². The minimum Gasteiger partial charge on any atom is -0.481 e. The van der Waals surface area contributed by atoms with E-state index in [1.165, 1.54) is 0 Å². The Balaban J connectivity index is 2.99. The lowest BCUT2D eigenvalue weighted by Crippen LogP contribution is -2.58. The predicted octanol–water partition coefficient (Wildman–Crippen LogP) is -0.255. The number of hydrogen-bond acceptors (Lipinski definition) is 7. The largest absolute Gasteiger partial charge is 0.481 e. The SMILES string of the molecule is CCC(C)C(NC(=O)C(CC(=O)O)NC(=O)C(CCCCN)NC(=O)C(N)Cc1ccccc1)C(=O)O. The summed E-state index contributed by atoms with van der Waals surface area (Å²) < 4.78 is 0. The van der Waals surface area contributed by atoms with E-state index < -0.39 is 66.2 Å². The fraction of sp³-hybridized carbons (Fsp3) is 0.560. The number of amides is 3. The van der Waals surface area contributed by atoms with E-state index in [9.17, 15) is 34.2 Å². The molecule has 206 valence electrons. The Morgan fingerprint density at radius 2 is 1.49 bits per heavy atom. The van der Waals surface area contributed by atoms with Crippen molar-refractivity contribution in [3.05, 3.63) is 35.9 Å². The molecule has 0 aliphatic heterocycles. The van der Waals surface area contributed by atoms with Gasteiger partial charge >= 0.3 is 11.9 Å². The van der Waals surface area contributed by atoms with Crippen molar-refractivity contribution < 1.29 is 34.2 Å². The fourth-order valence-corrected chi connectivity index (χ4v) is 3.59. The lowest BCUT2D eigenvalue weighted by molar-refractivity contribution is -0.144. The number of rotatable bonds is 17. The van der Waals surface area contributed by atoms with Gasteiger partial charge in [-0.2, -0.15) is 0 Å². The molecule has 0 aromatic heterocycles. The van der Waals surface area contributed by atoms with Crippen LogP contribution >= 0.6 is 0 Å². The summed E-state index contributed by atoms with van der Waals surface area (Å²) >= 11 is 0. The van der Waals surface area contributed by atoms with Crippen molar-refractivity contribution in [1.29, 1.82) is 0 Å². The van der Waals surface area contributed by atoms with Crippen molar-refractivity contribution >= 4 is 29.7 Å². The summed E-state index contributed by atoms with van der Waals surface area (Å²) in [5, 5.41) is 26.0. The monoisotopic (exact) mass is 521 g/mol. The third-order valence-electron chi connectivity index (χ3n) is 6.00. The van der Waals surface area contributed by atoms with Gasteiger partial charge in [-0.25, -0.2) is 4.79 Å². The molecule has 3 amide bonds. The number of aliphatic carboxylic acids is 2. The highest BCUT2D eigenvalue weighted by atomic mass is 16.4. The molecule has 5 atom stereocenters. The maximum Gasteiger partial charge on any atom is 0.326 e. The summed E-state index contributed by atoms with van der Waals surface area (Å²) in [6.45, 7) is 3.75. The van der Waals surface area contributed by atoms with Gasteiger partial charge in [-0.05, 0) is 43.7 Å². The maximum atomic E-state index is 13.1. The molecular weight excluding hydrogens is 482 g/mol. The molecule has 0 radical (unpaired) electrons. The van der Waals surface area contributed by atoms with Crippen LogP contribution in [-0.2, 0) is 30.4 Å². The number of benzene rings is 1. The van der Waals surface area contributed by atoms with Gasteiger partial charge in [0, 0.05) is 0 Å². The Bertz CT molecular complexity index is 912. The first-order valence-corrected chi connectivity index (χ1v) is 12.3. The molecule has 1 aromatic carbocycles. The molecule has 0 aliphatic rings. The second-order valence-corrected chi connectivity index (χ2v) is 9.01. The van der Waals surface area contributed by atoms with E-state index in [1.54, 1.807) is 13.8 Å². The van der Waals surface area contributed by atoms with E-state index in [0.717, 1.165) is 5.56 Å². The minimum absolute atomic E-state index is 0.179. The number of carboxylic acid groups (broad SMARTS) is 2. The van der Waals surface area contributed by atoms with Gasteiger partial charge in [-0.15, -0.1) is 0 Å². The van der Waals surface area contributed by atoms with Crippen molar-refractivity contribution in [2.24, 2.45) is 17.4 Å². The van der Waals surface area contributed by atoms with Gasteiger partial charge in [0.1, 0.15) is 18.1 Å². The number of nitrogens with two attached hydrogens (primary N) is 2. The van der Waals surface area contributed by atoms with Crippen molar-refractivity contribution in [1.82, 2.24) is 16.0 Å². The Morgan fingerprint density at radius 1 is 0.892 bits per heavy atom. The van der Waals surface area contributed by atoms with Crippen LogP contribution in [0.15, 0.2) is 30.3 Å². The second kappa shape index (κ2) is 16.3. The average molecular weight is 522 g/mol. The van der Waals surface area contributed by atoms with E-state index in [1.807, 2.05) is 30.3 Å². The zero-order valence-corrected chi connectivity index (χ0v) is 21.3. The molecule has 0 aliphatic carbocycles. The number of unbranched alkanes of at least 4 members (excludes halogenated alkanes) is 1. The Labute approximate surface area is 216 Å². The maximum absolute atomic E-state index is 13.1. The first-order valence-electron chi connectivity index (χ1n) is 12.3. The van der Waals surface area contributed by atoms with E-state index in [2.05, 4.69) is 16.0 Å². The topological polar surface area (TPSA) is 214 Å². The molecule has 0 fully saturated rings. The van der Waals surface area contributed by atoms with Crippen molar-refractivity contribution in [3.8, 4) is 0 Å². The van der Waals surface area contributed by atoms with Gasteiger partial charge in [0.15, 0.2) is 0 Å². The molecule has 12 heteroatoms. The molecule has 0 heterocycles. The first kappa shape index (κ1) is 31.5. The summed E-state index contributed by atoms with van der Waals surface area (Å²) in [4.78, 5) is 61.6. The third kappa shape index (κ3) is 11.4. The van der Waals surface area contributed by atoms with Crippen LogP contribution in [0.25, 0.3) is 0 Å². The van der Waals surface area contributed by atoms with Crippen LogP contribution < -0.4 is 27.4 Å². The van der Waals surface area contributed by atoms with Crippen LogP contribution in [0, 0.1) is 5.92 Å². The van der Waals surface area contributed by atoms with E-state index in [0.29, 0.717) is 25.8 Å². The zero-order chi connectivity index (χ0) is 28.0. The predicted molar refractivity (Wildman–Crippen MR) is 136 cm³/mol. The van der Waals surface area contributed by atoms with E-state index in [-0.39, 0.29) is 12.8 Å². The number of nitrogens with one attached hydrogen (secondary N) is 3. The lowest BCUT2D eigenvalue weighted by Gasteiger charge is -2.26. The molecule has 0 spiro atoms. The Kier molecular flexibility index (Phi) is 13.9. The van der Waals surface area contributed by atoms with Gasteiger partial charge in [0.2, 0.25) is 17.7 Å². The zero-order valence-electron chi connectivity index (χ0n) is 21.3. The molecule has 9 N–H and O–H groups in total. The third-order valence-corrected chi connectivity index (χ3v) is 6.00. The second-order valence-electron chi connectivity index (χ2n) is 9.01. The summed E-state index contributed by atoms with van der Waals surface area (Å²) in [7, 11) is 0. The van der Waals surface area contributed by atoms with Crippen LogP contribution in [0.3, 0.4) is 0 Å². The summed E-state index contributed by atoms with van der Waals surface area (Å²) in [6.07, 6.45) is 1.14. The number of carboxylic acids is 2. The lowest BCUT2D eigenvalue weighted by atomic mass is 9.98. The molecule has 5 unspecified atom stereocenters. The quantitative estimate of drug-likeness (QED) is 0.134. The highest BCUT2D eigenvalue weighted by Gasteiger charge is 2.33. The van der Waals surface area contributed by atoms with Crippen LogP contribution in [0.4, 0.5) is 0 Å². The highest BCUT2D eigenvalue weighted by Crippen LogP contribution is 2.10. The van der Waals surface area contributed by atoms with Crippen LogP contribution in [0.1, 0.15) is 51.5 Å². The van der Waals surface area contributed by atoms with Gasteiger partial charge in [0.25, 0.3) is 0 Å². The molecule has 1 aromatic rings. The van der Waals surface area contributed by atoms with E-state index in [4.69, 9.17) is 11.5 Å². The number of hydrogen-bond donors (Lipinski definition) is 7. The van der Waals surface area contributed by atoms with Crippen LogP contribution in [0.2, 0.25) is 0 Å². The minimum atomic E-state index is -1.55. The average Bonchev–Trinajstić information content (AvgIpc) is 2.85. The molecular formula is C25H39N5O7. The standard InChI is InChI=1S/C25H39N5O7/c1-3-15(2)21(25(36)37)30-24(35)19(14-20(31)32)29-23(34)18(11-7-8-12-26)28-22(33)17(27)13-16-9-5-4-6-10-16/h4-6,9-10,15,17-19,21H,3,7-8,11-14,26-27H2,1-2H3,(H,28,33)(H,29,34)(H,30,35)(H,31,32)(H,36,37). The summed E-state index contributed by atoms with van der Waals surface area (Å²) in [5.41, 5.74) is 12.4. The molecule has 1 rings (SSSR count). The Morgan fingerprint density at radius 3 is 2.03 bits per heavy atom. The number of carbonyl (C=O) groups excluding carboxylic acids is 3. The van der Waals surface area contributed by atoms with Gasteiger partial charge in [-0.3, -0.25) is 19.2 Å². The first-order chi connectivity index (χ1) is 17.5. The van der Waals surface area contributed by atoms with Gasteiger partial charge in [-0.1, -0.05) is 50.6 Å². The molecule has 12 nitrogen and oxygen atoms in total. The van der Waals surface area contributed by atoms with Crippen molar-refractivity contribution in [2.45, 2.75) is 76.5 Å². The summed E-state index contributed by atoms with van der Waals surface area (Å²) in [6, 6.07) is 4.23. The number of carbonyl (C=O) groups is 5. The summed E-state index contributed by atoms with van der Waals surface area (Å²) in [5.74, 6) is -5.40. The normalized spacial score (nSPS) is 14.9. The smallest absolute Gasteiger partial charge is 0.326 e. The van der Waals surface area contributed by atoms with Crippen molar-refractivity contribution in [2.75, 3.05) is 6.54 Å². The molecule has 0 saturated carbocycles. The van der Waals surface area contributed by atoms with Gasteiger partial charge in [0.05, 0.1) is 12.5 Å². The molecule has 0 bridgehead atoms. The molecule has 0 saturated heterocycles.